The Hall–Kier alpha value is -0.660. The van der Waals surface area contributed by atoms with Crippen molar-refractivity contribution >= 4 is 26.3 Å². The maximum Gasteiger partial charge on any atom is 0.185 e. The highest BCUT2D eigenvalue weighted by atomic mass is 32.2. The molecule has 2 atom stereocenters. The lowest BCUT2D eigenvalue weighted by Gasteiger charge is -2.32. The third-order valence-corrected chi connectivity index (χ3v) is 6.07. The van der Waals surface area contributed by atoms with Crippen LogP contribution in [-0.4, -0.2) is 44.0 Å². The summed E-state index contributed by atoms with van der Waals surface area (Å²) in [6, 6.07) is 0.242. The molecule has 1 aliphatic heterocycles. The SMILES string of the molecule is CCNC(C)c1csc(N2CCS(=O)(=O)CC2C)n1. The van der Waals surface area contributed by atoms with E-state index in [1.54, 1.807) is 11.3 Å². The van der Waals surface area contributed by atoms with Crippen LogP contribution in [0.1, 0.15) is 32.5 Å². The molecule has 7 heteroatoms. The number of hydrogen-bond donors (Lipinski definition) is 1. The first-order valence-electron chi connectivity index (χ1n) is 6.59. The summed E-state index contributed by atoms with van der Waals surface area (Å²) in [4.78, 5) is 6.74. The van der Waals surface area contributed by atoms with Crippen molar-refractivity contribution in [3.05, 3.63) is 11.1 Å². The quantitative estimate of drug-likeness (QED) is 0.912. The molecular weight excluding hydrogens is 282 g/mol. The predicted octanol–water partition coefficient (Wildman–Crippen LogP) is 1.44. The number of thiazole rings is 1. The summed E-state index contributed by atoms with van der Waals surface area (Å²) in [6.07, 6.45) is 0. The van der Waals surface area contributed by atoms with E-state index in [-0.39, 0.29) is 23.6 Å². The lowest BCUT2D eigenvalue weighted by Crippen LogP contribution is -2.47. The number of nitrogens with zero attached hydrogens (tertiary/aromatic N) is 2. The predicted molar refractivity (Wildman–Crippen MR) is 79.7 cm³/mol. The van der Waals surface area contributed by atoms with Gasteiger partial charge in [-0.1, -0.05) is 6.92 Å². The van der Waals surface area contributed by atoms with E-state index < -0.39 is 9.84 Å². The van der Waals surface area contributed by atoms with Gasteiger partial charge in [-0.15, -0.1) is 11.3 Å². The van der Waals surface area contributed by atoms with Crippen LogP contribution in [0.5, 0.6) is 0 Å². The molecule has 2 unspecified atom stereocenters. The minimum absolute atomic E-state index is 0.00666. The second kappa shape index (κ2) is 5.76. The van der Waals surface area contributed by atoms with Crippen molar-refractivity contribution in [3.8, 4) is 0 Å². The Kier molecular flexibility index (Phi) is 4.47. The van der Waals surface area contributed by atoms with Crippen molar-refractivity contribution in [3.63, 3.8) is 0 Å². The van der Waals surface area contributed by atoms with Gasteiger partial charge in [0.1, 0.15) is 0 Å². The normalized spacial score (nSPS) is 24.4. The van der Waals surface area contributed by atoms with Crippen molar-refractivity contribution < 1.29 is 8.42 Å². The topological polar surface area (TPSA) is 62.3 Å². The fraction of sp³-hybridized carbons (Fsp3) is 0.750. The van der Waals surface area contributed by atoms with Crippen LogP contribution in [0.3, 0.4) is 0 Å². The Balaban J connectivity index is 2.11. The Bertz CT molecular complexity index is 527. The summed E-state index contributed by atoms with van der Waals surface area (Å²) < 4.78 is 23.2. The van der Waals surface area contributed by atoms with Gasteiger partial charge in [-0.25, -0.2) is 13.4 Å². The summed E-state index contributed by atoms with van der Waals surface area (Å²) in [5.41, 5.74) is 1.03. The average molecular weight is 303 g/mol. The van der Waals surface area contributed by atoms with Gasteiger partial charge in [-0.2, -0.15) is 0 Å². The van der Waals surface area contributed by atoms with E-state index in [1.165, 1.54) is 0 Å². The molecule has 0 saturated carbocycles. The molecule has 0 aromatic carbocycles. The first-order chi connectivity index (χ1) is 8.93. The molecule has 108 valence electrons. The van der Waals surface area contributed by atoms with E-state index in [0.29, 0.717) is 6.54 Å². The Morgan fingerprint density at radius 2 is 2.37 bits per heavy atom. The van der Waals surface area contributed by atoms with Crippen LogP contribution in [0, 0.1) is 0 Å². The van der Waals surface area contributed by atoms with E-state index in [1.807, 2.05) is 6.92 Å². The van der Waals surface area contributed by atoms with E-state index in [4.69, 9.17) is 0 Å². The fourth-order valence-electron chi connectivity index (χ4n) is 2.30. The monoisotopic (exact) mass is 303 g/mol. The van der Waals surface area contributed by atoms with Crippen LogP contribution in [0.4, 0.5) is 5.13 Å². The maximum atomic E-state index is 11.6. The molecule has 5 nitrogen and oxygen atoms in total. The van der Waals surface area contributed by atoms with Crippen LogP contribution in [0.25, 0.3) is 0 Å². The summed E-state index contributed by atoms with van der Waals surface area (Å²) in [7, 11) is -2.87. The van der Waals surface area contributed by atoms with Gasteiger partial charge in [0.25, 0.3) is 0 Å². The first-order valence-corrected chi connectivity index (χ1v) is 9.29. The molecule has 1 aromatic rings. The molecule has 0 radical (unpaired) electrons. The maximum absolute atomic E-state index is 11.6. The molecule has 1 saturated heterocycles. The third-order valence-electron chi connectivity index (χ3n) is 3.38. The van der Waals surface area contributed by atoms with Crippen LogP contribution >= 0.6 is 11.3 Å². The van der Waals surface area contributed by atoms with Crippen molar-refractivity contribution in [1.29, 1.82) is 0 Å². The summed E-state index contributed by atoms with van der Waals surface area (Å²) in [5, 5.41) is 6.32. The molecule has 0 spiro atoms. The number of aromatic nitrogens is 1. The van der Waals surface area contributed by atoms with E-state index >= 15 is 0 Å². The third kappa shape index (κ3) is 3.46. The fourth-order valence-corrected chi connectivity index (χ4v) is 4.90. The number of nitrogens with one attached hydrogen (secondary N) is 1. The molecule has 0 bridgehead atoms. The van der Waals surface area contributed by atoms with Crippen molar-refractivity contribution in [2.45, 2.75) is 32.9 Å². The lowest BCUT2D eigenvalue weighted by molar-refractivity contribution is 0.565. The minimum atomic E-state index is -2.87. The van der Waals surface area contributed by atoms with Gasteiger partial charge in [0.2, 0.25) is 0 Å². The van der Waals surface area contributed by atoms with Crippen molar-refractivity contribution in [2.24, 2.45) is 0 Å². The van der Waals surface area contributed by atoms with Crippen LogP contribution in [0.2, 0.25) is 0 Å². The molecule has 1 aliphatic rings. The largest absolute Gasteiger partial charge is 0.343 e. The molecule has 2 heterocycles. The van der Waals surface area contributed by atoms with Gasteiger partial charge < -0.3 is 10.2 Å². The van der Waals surface area contributed by atoms with Gasteiger partial charge in [-0.05, 0) is 20.4 Å². The zero-order valence-electron chi connectivity index (χ0n) is 11.6. The second-order valence-electron chi connectivity index (χ2n) is 4.99. The molecule has 2 rings (SSSR count). The van der Waals surface area contributed by atoms with Gasteiger partial charge in [0.05, 0.1) is 17.2 Å². The van der Waals surface area contributed by atoms with Gasteiger partial charge >= 0.3 is 0 Å². The average Bonchev–Trinajstić information content (AvgIpc) is 2.77. The van der Waals surface area contributed by atoms with Gasteiger partial charge in [0.15, 0.2) is 15.0 Å². The highest BCUT2D eigenvalue weighted by Gasteiger charge is 2.29. The minimum Gasteiger partial charge on any atom is -0.343 e. The van der Waals surface area contributed by atoms with Gasteiger partial charge in [0, 0.05) is 24.0 Å². The van der Waals surface area contributed by atoms with E-state index in [0.717, 1.165) is 17.4 Å². The van der Waals surface area contributed by atoms with E-state index in [2.05, 4.69) is 34.4 Å². The van der Waals surface area contributed by atoms with Crippen molar-refractivity contribution in [2.75, 3.05) is 29.5 Å². The summed E-state index contributed by atoms with van der Waals surface area (Å²) in [5.74, 6) is 0.458. The first kappa shape index (κ1) is 14.7. The number of hydrogen-bond acceptors (Lipinski definition) is 6. The number of anilines is 1. The molecule has 1 aromatic heterocycles. The molecule has 19 heavy (non-hydrogen) atoms. The zero-order chi connectivity index (χ0) is 14.0. The second-order valence-corrected chi connectivity index (χ2v) is 8.06. The highest BCUT2D eigenvalue weighted by molar-refractivity contribution is 7.91. The van der Waals surface area contributed by atoms with Crippen LogP contribution in [0.15, 0.2) is 5.38 Å². The number of rotatable bonds is 4. The smallest absolute Gasteiger partial charge is 0.185 e. The van der Waals surface area contributed by atoms with E-state index in [9.17, 15) is 8.42 Å². The Labute approximate surface area is 119 Å². The molecule has 0 aliphatic carbocycles. The summed E-state index contributed by atoms with van der Waals surface area (Å²) >= 11 is 1.59. The van der Waals surface area contributed by atoms with Crippen LogP contribution in [-0.2, 0) is 9.84 Å². The Morgan fingerprint density at radius 1 is 1.63 bits per heavy atom. The van der Waals surface area contributed by atoms with Gasteiger partial charge in [-0.3, -0.25) is 0 Å². The zero-order valence-corrected chi connectivity index (χ0v) is 13.2. The molecular formula is C12H21N3O2S2. The van der Waals surface area contributed by atoms with Crippen molar-refractivity contribution in [1.82, 2.24) is 10.3 Å². The Morgan fingerprint density at radius 3 is 3.00 bits per heavy atom. The standard InChI is InChI=1S/C12H21N3O2S2/c1-4-13-10(3)11-7-18-12(14-11)15-5-6-19(16,17)8-9(15)2/h7,9-10,13H,4-6,8H2,1-3H3. The molecule has 0 amide bonds. The van der Waals surface area contributed by atoms with Crippen LogP contribution < -0.4 is 10.2 Å². The summed E-state index contributed by atoms with van der Waals surface area (Å²) in [6.45, 7) is 7.57. The molecule has 1 N–H and O–H groups in total. The molecule has 1 fully saturated rings. The lowest BCUT2D eigenvalue weighted by atomic mass is 10.2. The highest BCUT2D eigenvalue weighted by Crippen LogP contribution is 2.27. The number of sulfone groups is 1.